The minimum absolute atomic E-state index is 0.000865. The van der Waals surface area contributed by atoms with Gasteiger partial charge in [-0.2, -0.15) is 0 Å². The second kappa shape index (κ2) is 8.81. The topological polar surface area (TPSA) is 101 Å². The van der Waals surface area contributed by atoms with Crippen LogP contribution in [0.3, 0.4) is 0 Å². The number of nitrogens with one attached hydrogen (secondary N) is 1. The minimum Gasteiger partial charge on any atom is -0.478 e. The molecule has 0 spiro atoms. The van der Waals surface area contributed by atoms with Crippen molar-refractivity contribution in [3.8, 4) is 0 Å². The molecule has 8 nitrogen and oxygen atoms in total. The molecular formula is C20H23N3O5. The van der Waals surface area contributed by atoms with Crippen LogP contribution >= 0.6 is 0 Å². The van der Waals surface area contributed by atoms with Gasteiger partial charge in [0.25, 0.3) is 5.91 Å². The molecule has 1 unspecified atom stereocenters. The van der Waals surface area contributed by atoms with Crippen molar-refractivity contribution in [2.45, 2.75) is 13.0 Å². The van der Waals surface area contributed by atoms with Crippen molar-refractivity contribution in [2.75, 3.05) is 43.6 Å². The number of rotatable bonds is 6. The third kappa shape index (κ3) is 4.85. The average Bonchev–Trinajstić information content (AvgIpc) is 2.69. The lowest BCUT2D eigenvalue weighted by Crippen LogP contribution is -2.39. The molecule has 0 bridgehead atoms. The number of carboxylic acids is 1. The Bertz CT molecular complexity index is 847. The van der Waals surface area contributed by atoms with E-state index in [0.717, 1.165) is 5.56 Å². The van der Waals surface area contributed by atoms with Crippen LogP contribution in [-0.2, 0) is 9.47 Å². The van der Waals surface area contributed by atoms with Gasteiger partial charge in [0.05, 0.1) is 37.8 Å². The Labute approximate surface area is 163 Å². The molecule has 1 fully saturated rings. The van der Waals surface area contributed by atoms with E-state index in [1.165, 1.54) is 12.3 Å². The van der Waals surface area contributed by atoms with E-state index >= 15 is 0 Å². The van der Waals surface area contributed by atoms with E-state index in [0.29, 0.717) is 43.4 Å². The lowest BCUT2D eigenvalue weighted by Gasteiger charge is -2.28. The Kier molecular flexibility index (Phi) is 6.23. The van der Waals surface area contributed by atoms with Gasteiger partial charge < -0.3 is 24.8 Å². The molecule has 1 saturated heterocycles. The van der Waals surface area contributed by atoms with E-state index in [9.17, 15) is 14.7 Å². The summed E-state index contributed by atoms with van der Waals surface area (Å²) in [7, 11) is 1.75. The van der Waals surface area contributed by atoms with Crippen LogP contribution in [0.4, 0.5) is 11.5 Å². The lowest BCUT2D eigenvalue weighted by atomic mass is 10.1. The van der Waals surface area contributed by atoms with E-state index in [-0.39, 0.29) is 17.6 Å². The van der Waals surface area contributed by atoms with Gasteiger partial charge in [-0.3, -0.25) is 4.79 Å². The van der Waals surface area contributed by atoms with Gasteiger partial charge >= 0.3 is 5.97 Å². The van der Waals surface area contributed by atoms with Gasteiger partial charge in [0.15, 0.2) is 0 Å². The molecule has 1 aliphatic rings. The number of hydrogen-bond donors (Lipinski definition) is 2. The van der Waals surface area contributed by atoms with E-state index < -0.39 is 5.97 Å². The Morgan fingerprint density at radius 2 is 2.04 bits per heavy atom. The van der Waals surface area contributed by atoms with Crippen molar-refractivity contribution < 1.29 is 24.2 Å². The summed E-state index contributed by atoms with van der Waals surface area (Å²) in [6, 6.07) is 8.51. The number of aryl methyl sites for hydroxylation is 1. The van der Waals surface area contributed by atoms with Gasteiger partial charge in [-0.05, 0) is 25.1 Å². The van der Waals surface area contributed by atoms with Crippen LogP contribution in [0.25, 0.3) is 0 Å². The largest absolute Gasteiger partial charge is 0.478 e. The molecule has 0 saturated carbocycles. The van der Waals surface area contributed by atoms with Crippen molar-refractivity contribution in [1.29, 1.82) is 0 Å². The van der Waals surface area contributed by atoms with Crippen LogP contribution in [0.1, 0.15) is 26.3 Å². The van der Waals surface area contributed by atoms with E-state index in [4.69, 9.17) is 9.47 Å². The van der Waals surface area contributed by atoms with Crippen LogP contribution in [0.15, 0.2) is 36.5 Å². The van der Waals surface area contributed by atoms with Gasteiger partial charge in [-0.25, -0.2) is 9.78 Å². The summed E-state index contributed by atoms with van der Waals surface area (Å²) >= 11 is 0. The SMILES string of the molecule is Cc1ccc(C(=O)Nc2cnc(N(C)CC3COCCO3)c(C(=O)O)c2)cc1. The molecule has 0 aliphatic carbocycles. The molecule has 1 atom stereocenters. The minimum atomic E-state index is -1.12. The van der Waals surface area contributed by atoms with Gasteiger partial charge in [0.1, 0.15) is 11.4 Å². The number of likely N-dealkylation sites (N-methyl/N-ethyl adjacent to an activating group) is 1. The molecule has 0 radical (unpaired) electrons. The zero-order chi connectivity index (χ0) is 20.1. The van der Waals surface area contributed by atoms with Crippen LogP contribution in [0.5, 0.6) is 0 Å². The first-order valence-electron chi connectivity index (χ1n) is 8.96. The number of carbonyl (C=O) groups is 2. The number of amides is 1. The van der Waals surface area contributed by atoms with Crippen LogP contribution in [0.2, 0.25) is 0 Å². The van der Waals surface area contributed by atoms with Crippen LogP contribution < -0.4 is 10.2 Å². The molecule has 2 N–H and O–H groups in total. The summed E-state index contributed by atoms with van der Waals surface area (Å²) in [6.07, 6.45) is 1.30. The average molecular weight is 385 g/mol. The molecular weight excluding hydrogens is 362 g/mol. The summed E-state index contributed by atoms with van der Waals surface area (Å²) in [5, 5.41) is 12.3. The second-order valence-electron chi connectivity index (χ2n) is 6.67. The molecule has 3 rings (SSSR count). The molecule has 1 aromatic carbocycles. The fraction of sp³-hybridized carbons (Fsp3) is 0.350. The summed E-state index contributed by atoms with van der Waals surface area (Å²) in [4.78, 5) is 30.1. The highest BCUT2D eigenvalue weighted by Gasteiger charge is 2.22. The Morgan fingerprint density at radius 1 is 1.29 bits per heavy atom. The molecule has 28 heavy (non-hydrogen) atoms. The summed E-state index contributed by atoms with van der Waals surface area (Å²) < 4.78 is 11.0. The zero-order valence-corrected chi connectivity index (χ0v) is 15.8. The van der Waals surface area contributed by atoms with E-state index in [1.54, 1.807) is 24.1 Å². The molecule has 1 aromatic heterocycles. The molecule has 8 heteroatoms. The van der Waals surface area contributed by atoms with Crippen LogP contribution in [-0.4, -0.2) is 61.5 Å². The third-order valence-corrected chi connectivity index (χ3v) is 4.39. The highest BCUT2D eigenvalue weighted by molar-refractivity contribution is 6.05. The normalized spacial score (nSPS) is 16.4. The van der Waals surface area contributed by atoms with Crippen molar-refractivity contribution >= 4 is 23.4 Å². The zero-order valence-electron chi connectivity index (χ0n) is 15.8. The first-order chi connectivity index (χ1) is 13.4. The maximum absolute atomic E-state index is 12.4. The predicted octanol–water partition coefficient (Wildman–Crippen LogP) is 2.19. The molecule has 2 aromatic rings. The number of carbonyl (C=O) groups excluding carboxylic acids is 1. The Hall–Kier alpha value is -2.97. The second-order valence-corrected chi connectivity index (χ2v) is 6.67. The number of aromatic nitrogens is 1. The fourth-order valence-corrected chi connectivity index (χ4v) is 2.93. The quantitative estimate of drug-likeness (QED) is 0.786. The van der Waals surface area contributed by atoms with E-state index in [1.807, 2.05) is 19.1 Å². The van der Waals surface area contributed by atoms with Gasteiger partial charge in [0, 0.05) is 19.2 Å². The van der Waals surface area contributed by atoms with Gasteiger partial charge in [-0.1, -0.05) is 17.7 Å². The Morgan fingerprint density at radius 3 is 2.68 bits per heavy atom. The van der Waals surface area contributed by atoms with Crippen molar-refractivity contribution in [2.24, 2.45) is 0 Å². The predicted molar refractivity (Wildman–Crippen MR) is 104 cm³/mol. The van der Waals surface area contributed by atoms with E-state index in [2.05, 4.69) is 10.3 Å². The van der Waals surface area contributed by atoms with Gasteiger partial charge in [0.2, 0.25) is 0 Å². The lowest BCUT2D eigenvalue weighted by molar-refractivity contribution is -0.0837. The molecule has 1 amide bonds. The maximum atomic E-state index is 12.4. The molecule has 1 aliphatic heterocycles. The first-order valence-corrected chi connectivity index (χ1v) is 8.96. The fourth-order valence-electron chi connectivity index (χ4n) is 2.93. The third-order valence-electron chi connectivity index (χ3n) is 4.39. The highest BCUT2D eigenvalue weighted by atomic mass is 16.6. The summed E-state index contributed by atoms with van der Waals surface area (Å²) in [5.41, 5.74) is 1.85. The van der Waals surface area contributed by atoms with Gasteiger partial charge in [-0.15, -0.1) is 0 Å². The first kappa shape index (κ1) is 19.8. The number of carboxylic acid groups (broad SMARTS) is 1. The Balaban J connectivity index is 1.75. The molecule has 2 heterocycles. The standard InChI is InChI=1S/C20H23N3O5/c1-13-3-5-14(6-4-13)19(24)22-15-9-17(20(25)26)18(21-10-15)23(2)11-16-12-27-7-8-28-16/h3-6,9-10,16H,7-8,11-12H2,1-2H3,(H,22,24)(H,25,26). The van der Waals surface area contributed by atoms with Crippen molar-refractivity contribution in [3.05, 3.63) is 53.2 Å². The summed E-state index contributed by atoms with van der Waals surface area (Å²) in [6.45, 7) is 3.92. The monoisotopic (exact) mass is 385 g/mol. The number of nitrogens with zero attached hydrogens (tertiary/aromatic N) is 2. The number of hydrogen-bond acceptors (Lipinski definition) is 6. The highest BCUT2D eigenvalue weighted by Crippen LogP contribution is 2.22. The number of anilines is 2. The van der Waals surface area contributed by atoms with Crippen molar-refractivity contribution in [3.63, 3.8) is 0 Å². The number of pyridine rings is 1. The number of ether oxygens (including phenoxy) is 2. The van der Waals surface area contributed by atoms with Crippen molar-refractivity contribution in [1.82, 2.24) is 4.98 Å². The smallest absolute Gasteiger partial charge is 0.339 e. The van der Waals surface area contributed by atoms with Crippen LogP contribution in [0, 0.1) is 6.92 Å². The molecule has 148 valence electrons. The number of benzene rings is 1. The number of aromatic carboxylic acids is 1. The maximum Gasteiger partial charge on any atom is 0.339 e. The summed E-state index contributed by atoms with van der Waals surface area (Å²) in [5.74, 6) is -1.15.